The first-order valence-corrected chi connectivity index (χ1v) is 12.8. The smallest absolute Gasteiger partial charge is 0.273 e. The Morgan fingerprint density at radius 3 is 1.68 bits per heavy atom. The van der Waals surface area contributed by atoms with Crippen LogP contribution in [0, 0.1) is 27.7 Å². The Morgan fingerprint density at radius 2 is 1.16 bits per heavy atom. The summed E-state index contributed by atoms with van der Waals surface area (Å²) in [6, 6.07) is 0.239. The van der Waals surface area contributed by atoms with Crippen LogP contribution in [-0.2, 0) is 22.6 Å². The lowest BCUT2D eigenvalue weighted by molar-refractivity contribution is -0.112. The maximum atomic E-state index is 12.6. The molecular weight excluding hydrogens is 476 g/mol. The summed E-state index contributed by atoms with van der Waals surface area (Å²) in [6.07, 6.45) is 3.97. The molecule has 2 saturated heterocycles. The Labute approximate surface area is 215 Å². The fourth-order valence-electron chi connectivity index (χ4n) is 5.90. The van der Waals surface area contributed by atoms with Gasteiger partial charge in [0.2, 0.25) is 0 Å². The third-order valence-corrected chi connectivity index (χ3v) is 7.91. The van der Waals surface area contributed by atoms with Gasteiger partial charge in [0.15, 0.2) is 23.3 Å². The average Bonchev–Trinajstić information content (AvgIpc) is 3.22. The Morgan fingerprint density at radius 1 is 0.703 bits per heavy atom. The van der Waals surface area contributed by atoms with E-state index in [2.05, 4.69) is 0 Å². The van der Waals surface area contributed by atoms with E-state index in [-0.39, 0.29) is 47.2 Å². The second kappa shape index (κ2) is 9.25. The predicted octanol–water partition coefficient (Wildman–Crippen LogP) is 1.72. The zero-order valence-electron chi connectivity index (χ0n) is 22.2. The van der Waals surface area contributed by atoms with Crippen LogP contribution in [0.2, 0.25) is 0 Å². The van der Waals surface area contributed by atoms with Crippen molar-refractivity contribution >= 4 is 11.8 Å². The van der Waals surface area contributed by atoms with Crippen molar-refractivity contribution in [1.29, 1.82) is 0 Å². The van der Waals surface area contributed by atoms with Gasteiger partial charge >= 0.3 is 0 Å². The van der Waals surface area contributed by atoms with E-state index < -0.39 is 0 Å². The largest absolute Gasteiger partial charge is 0.356 e. The van der Waals surface area contributed by atoms with Gasteiger partial charge in [0.05, 0.1) is 32.3 Å². The third kappa shape index (κ3) is 4.02. The number of hydrogen-bond donors (Lipinski definition) is 0. The zero-order valence-corrected chi connectivity index (χ0v) is 22.2. The predicted molar refractivity (Wildman–Crippen MR) is 136 cm³/mol. The summed E-state index contributed by atoms with van der Waals surface area (Å²) >= 11 is 0. The molecule has 37 heavy (non-hydrogen) atoms. The minimum Gasteiger partial charge on any atom is -0.356 e. The van der Waals surface area contributed by atoms with E-state index in [0.29, 0.717) is 59.9 Å². The second-order valence-corrected chi connectivity index (χ2v) is 10.6. The average molecular weight is 511 g/mol. The molecule has 4 aliphatic rings. The van der Waals surface area contributed by atoms with Crippen LogP contribution < -0.4 is 10.9 Å². The van der Waals surface area contributed by atoms with Crippen LogP contribution in [0.25, 0.3) is 0 Å². The number of carbonyl (C=O) groups is 2. The van der Waals surface area contributed by atoms with E-state index in [1.54, 1.807) is 49.9 Å². The Bertz CT molecular complexity index is 1410. The number of nitrogens with zero attached hydrogens (tertiary/aromatic N) is 4. The summed E-state index contributed by atoms with van der Waals surface area (Å²) in [4.78, 5) is 52.6. The molecule has 0 N–H and O–H groups in total. The molecule has 0 aliphatic carbocycles. The highest BCUT2D eigenvalue weighted by Crippen LogP contribution is 2.28. The first-order chi connectivity index (χ1) is 17.5. The molecule has 0 radical (unpaired) electrons. The van der Waals surface area contributed by atoms with Crippen molar-refractivity contribution in [2.24, 2.45) is 0 Å². The van der Waals surface area contributed by atoms with Crippen molar-refractivity contribution in [3.63, 3.8) is 0 Å². The minimum absolute atomic E-state index is 0.0383. The Hall–Kier alpha value is -3.24. The fourth-order valence-corrected chi connectivity index (χ4v) is 5.90. The highest BCUT2D eigenvalue weighted by Gasteiger charge is 2.42. The minimum atomic E-state index is -0.204. The van der Waals surface area contributed by atoms with E-state index in [4.69, 9.17) is 9.47 Å². The Kier molecular flexibility index (Phi) is 6.35. The highest BCUT2D eigenvalue weighted by atomic mass is 16.5. The molecule has 2 aromatic rings. The monoisotopic (exact) mass is 510 g/mol. The number of amides is 2. The van der Waals surface area contributed by atoms with E-state index in [9.17, 15) is 19.2 Å². The van der Waals surface area contributed by atoms with Crippen LogP contribution in [0.3, 0.4) is 0 Å². The molecule has 10 nitrogen and oxygen atoms in total. The molecule has 0 saturated carbocycles. The van der Waals surface area contributed by atoms with Crippen molar-refractivity contribution < 1.29 is 19.1 Å². The van der Waals surface area contributed by atoms with Gasteiger partial charge in [-0.25, -0.2) is 0 Å². The summed E-state index contributed by atoms with van der Waals surface area (Å²) in [6.45, 7) is 13.5. The number of carbonyl (C=O) groups excluding carboxylic acids is 2. The normalized spacial score (nSPS) is 26.1. The molecule has 4 atom stereocenters. The van der Waals surface area contributed by atoms with Gasteiger partial charge in [-0.3, -0.25) is 19.2 Å². The van der Waals surface area contributed by atoms with Crippen molar-refractivity contribution in [3.05, 3.63) is 66.5 Å². The molecule has 0 spiro atoms. The van der Waals surface area contributed by atoms with Crippen LogP contribution in [0.5, 0.6) is 0 Å². The number of ether oxygens (including phenoxy) is 2. The summed E-state index contributed by atoms with van der Waals surface area (Å²) in [7, 11) is 0. The quantitative estimate of drug-likeness (QED) is 0.535. The van der Waals surface area contributed by atoms with Gasteiger partial charge in [-0.05, 0) is 48.0 Å². The lowest BCUT2D eigenvalue weighted by atomic mass is 10.0. The van der Waals surface area contributed by atoms with Crippen LogP contribution in [-0.4, -0.2) is 68.5 Å². The van der Waals surface area contributed by atoms with E-state index in [0.717, 1.165) is 6.42 Å². The molecule has 2 fully saturated rings. The van der Waals surface area contributed by atoms with Gasteiger partial charge < -0.3 is 28.4 Å². The summed E-state index contributed by atoms with van der Waals surface area (Å²) in [5.74, 6) is -0.177. The topological polar surface area (TPSA) is 103 Å². The second-order valence-electron chi connectivity index (χ2n) is 10.6. The molecule has 2 aromatic heterocycles. The van der Waals surface area contributed by atoms with Crippen LogP contribution in [0.15, 0.2) is 22.0 Å². The van der Waals surface area contributed by atoms with E-state index in [1.165, 1.54) is 0 Å². The molecule has 6 heterocycles. The SMILES string of the molecule is Cc1cn2c(c(C)c1=O)C(=O)N1[C@@H](C)CO[C@@H]1C2.Cc1cn2c(c(C)c1=O)C(=O)N1[C@H](C)CCO[C@H]1C2. The third-order valence-electron chi connectivity index (χ3n) is 7.91. The zero-order chi connectivity index (χ0) is 26.8. The molecule has 0 unspecified atom stereocenters. The van der Waals surface area contributed by atoms with Gasteiger partial charge in [-0.1, -0.05) is 0 Å². The van der Waals surface area contributed by atoms with Crippen molar-refractivity contribution in [2.75, 3.05) is 13.2 Å². The molecule has 198 valence electrons. The van der Waals surface area contributed by atoms with Crippen molar-refractivity contribution in [1.82, 2.24) is 18.9 Å². The first-order valence-electron chi connectivity index (χ1n) is 12.8. The Balaban J connectivity index is 0.000000152. The van der Waals surface area contributed by atoms with Crippen LogP contribution in [0.1, 0.15) is 63.5 Å². The van der Waals surface area contributed by atoms with E-state index in [1.807, 2.05) is 23.0 Å². The number of rotatable bonds is 0. The maximum absolute atomic E-state index is 12.6. The standard InChI is InChI=1S/C14H18N2O3.C13H16N2O3/c1-8-6-15-7-11-16(9(2)4-5-19-11)14(18)12(15)10(3)13(8)17;1-7-4-14-5-10-15(8(2)6-18-10)13(17)11(14)9(3)12(7)16/h6,9,11H,4-5,7H2,1-3H3;4,8,10H,5-6H2,1-3H3/t9-,11+;8-,10+/m10/s1. The number of hydrogen-bond acceptors (Lipinski definition) is 6. The molecule has 0 bridgehead atoms. The molecule has 6 rings (SSSR count). The highest BCUT2D eigenvalue weighted by molar-refractivity contribution is 5.95. The van der Waals surface area contributed by atoms with Gasteiger partial charge in [-0.15, -0.1) is 0 Å². The summed E-state index contributed by atoms with van der Waals surface area (Å²) in [5, 5.41) is 0. The summed E-state index contributed by atoms with van der Waals surface area (Å²) < 4.78 is 15.0. The van der Waals surface area contributed by atoms with E-state index >= 15 is 0 Å². The molecule has 2 amide bonds. The number of fused-ring (bicyclic) bond motifs is 4. The summed E-state index contributed by atoms with van der Waals surface area (Å²) in [5.41, 5.74) is 3.38. The van der Waals surface area contributed by atoms with Gasteiger partial charge in [0, 0.05) is 40.7 Å². The molecule has 4 aliphatic heterocycles. The van der Waals surface area contributed by atoms with Gasteiger partial charge in [-0.2, -0.15) is 0 Å². The lowest BCUT2D eigenvalue weighted by Crippen LogP contribution is -2.57. The fraction of sp³-hybridized carbons (Fsp3) is 0.556. The number of aromatic nitrogens is 2. The molecular formula is C27H34N4O6. The number of pyridine rings is 2. The molecule has 10 heteroatoms. The van der Waals surface area contributed by atoms with Crippen molar-refractivity contribution in [2.45, 2.75) is 85.6 Å². The number of aryl methyl sites for hydroxylation is 2. The van der Waals surface area contributed by atoms with Crippen LogP contribution >= 0.6 is 0 Å². The lowest BCUT2D eigenvalue weighted by Gasteiger charge is -2.44. The van der Waals surface area contributed by atoms with Gasteiger partial charge in [0.1, 0.15) is 11.4 Å². The maximum Gasteiger partial charge on any atom is 0.273 e. The first kappa shape index (κ1) is 25.4. The molecule has 0 aromatic carbocycles. The van der Waals surface area contributed by atoms with Crippen LogP contribution in [0.4, 0.5) is 0 Å². The van der Waals surface area contributed by atoms with Gasteiger partial charge in [0.25, 0.3) is 11.8 Å². The van der Waals surface area contributed by atoms with Crippen molar-refractivity contribution in [3.8, 4) is 0 Å².